The molecule has 108 valence electrons. The average molecular weight is 330 g/mol. The molecule has 0 amide bonds. The minimum atomic E-state index is 0.141. The summed E-state index contributed by atoms with van der Waals surface area (Å²) in [5.74, 6) is 1.71. The van der Waals surface area contributed by atoms with Gasteiger partial charge in [-0.3, -0.25) is 0 Å². The largest absolute Gasteiger partial charge is 0.491 e. The summed E-state index contributed by atoms with van der Waals surface area (Å²) in [7, 11) is 0. The average Bonchev–Trinajstić information content (AvgIpc) is 2.30. The summed E-state index contributed by atoms with van der Waals surface area (Å²) in [5, 5.41) is 3.32. The Morgan fingerprint density at radius 3 is 2.16 bits per heavy atom. The van der Waals surface area contributed by atoms with Crippen LogP contribution >= 0.6 is 15.9 Å². The lowest BCUT2D eigenvalue weighted by molar-refractivity contribution is 0.226. The van der Waals surface area contributed by atoms with Crippen molar-refractivity contribution in [3.8, 4) is 11.5 Å². The number of nitrogens with one attached hydrogen (secondary N) is 1. The molecule has 0 fully saturated rings. The van der Waals surface area contributed by atoms with Gasteiger partial charge in [-0.25, -0.2) is 0 Å². The van der Waals surface area contributed by atoms with Gasteiger partial charge in [0.25, 0.3) is 0 Å². The van der Waals surface area contributed by atoms with E-state index in [9.17, 15) is 0 Å². The molecule has 0 aromatic heterocycles. The molecule has 0 radical (unpaired) electrons. The highest BCUT2D eigenvalue weighted by atomic mass is 79.9. The van der Waals surface area contributed by atoms with Crippen molar-refractivity contribution in [2.45, 2.75) is 53.4 Å². The minimum Gasteiger partial charge on any atom is -0.491 e. The normalized spacial score (nSPS) is 11.2. The van der Waals surface area contributed by atoms with Gasteiger partial charge in [0.1, 0.15) is 11.5 Å². The fourth-order valence-electron chi connectivity index (χ4n) is 1.68. The molecule has 1 N–H and O–H groups in total. The van der Waals surface area contributed by atoms with E-state index in [1.54, 1.807) is 0 Å². The predicted octanol–water partition coefficient (Wildman–Crippen LogP) is 4.13. The van der Waals surface area contributed by atoms with Gasteiger partial charge in [0.15, 0.2) is 0 Å². The van der Waals surface area contributed by atoms with Gasteiger partial charge in [-0.2, -0.15) is 0 Å². The fraction of sp³-hybridized carbons (Fsp3) is 0.600. The third kappa shape index (κ3) is 5.41. The molecule has 0 bridgehead atoms. The van der Waals surface area contributed by atoms with Crippen LogP contribution in [0, 0.1) is 0 Å². The fourth-order valence-corrected chi connectivity index (χ4v) is 2.17. The van der Waals surface area contributed by atoms with Crippen molar-refractivity contribution in [1.29, 1.82) is 0 Å². The highest BCUT2D eigenvalue weighted by Gasteiger charge is 2.12. The van der Waals surface area contributed by atoms with Crippen molar-refractivity contribution in [2.24, 2.45) is 0 Å². The van der Waals surface area contributed by atoms with Gasteiger partial charge < -0.3 is 14.8 Å². The van der Waals surface area contributed by atoms with Crippen LogP contribution in [0.25, 0.3) is 0 Å². The van der Waals surface area contributed by atoms with Gasteiger partial charge in [-0.1, -0.05) is 6.92 Å². The number of rotatable bonds is 7. The smallest absolute Gasteiger partial charge is 0.137 e. The van der Waals surface area contributed by atoms with E-state index >= 15 is 0 Å². The highest BCUT2D eigenvalue weighted by molar-refractivity contribution is 9.10. The van der Waals surface area contributed by atoms with E-state index in [0.29, 0.717) is 0 Å². The van der Waals surface area contributed by atoms with Crippen LogP contribution in [0.2, 0.25) is 0 Å². The van der Waals surface area contributed by atoms with Crippen molar-refractivity contribution in [2.75, 3.05) is 6.54 Å². The van der Waals surface area contributed by atoms with Gasteiger partial charge in [0, 0.05) is 18.2 Å². The SMILES string of the molecule is CCNCc1cc(Br)c(OC(C)C)cc1OC(C)C. The predicted molar refractivity (Wildman–Crippen MR) is 83.1 cm³/mol. The molecular formula is C15H24BrNO2. The molecule has 1 aromatic rings. The summed E-state index contributed by atoms with van der Waals surface area (Å²) in [6.45, 7) is 11.9. The number of hydrogen-bond acceptors (Lipinski definition) is 3. The first-order chi connectivity index (χ1) is 8.93. The Labute approximate surface area is 124 Å². The van der Waals surface area contributed by atoms with E-state index in [4.69, 9.17) is 9.47 Å². The Bertz CT molecular complexity index is 405. The third-order valence-electron chi connectivity index (χ3n) is 2.41. The summed E-state index contributed by atoms with van der Waals surface area (Å²) < 4.78 is 12.6. The molecule has 19 heavy (non-hydrogen) atoms. The molecule has 3 nitrogen and oxygen atoms in total. The summed E-state index contributed by atoms with van der Waals surface area (Å²) in [4.78, 5) is 0. The first-order valence-electron chi connectivity index (χ1n) is 6.80. The molecule has 0 saturated heterocycles. The molecule has 0 aliphatic rings. The lowest BCUT2D eigenvalue weighted by Gasteiger charge is -2.18. The van der Waals surface area contributed by atoms with Crippen LogP contribution < -0.4 is 14.8 Å². The maximum absolute atomic E-state index is 5.88. The second-order valence-corrected chi connectivity index (χ2v) is 5.86. The minimum absolute atomic E-state index is 0.141. The van der Waals surface area contributed by atoms with Crippen LogP contribution in [0.5, 0.6) is 11.5 Å². The first-order valence-corrected chi connectivity index (χ1v) is 7.59. The Kier molecular flexibility index (Phi) is 6.66. The summed E-state index contributed by atoms with van der Waals surface area (Å²) in [5.41, 5.74) is 1.14. The van der Waals surface area contributed by atoms with Crippen molar-refractivity contribution < 1.29 is 9.47 Å². The molecule has 1 rings (SSSR count). The van der Waals surface area contributed by atoms with Crippen LogP contribution in [0.4, 0.5) is 0 Å². The summed E-state index contributed by atoms with van der Waals surface area (Å²) >= 11 is 3.56. The zero-order valence-electron chi connectivity index (χ0n) is 12.4. The van der Waals surface area contributed by atoms with Crippen LogP contribution in [0.15, 0.2) is 16.6 Å². The van der Waals surface area contributed by atoms with Crippen LogP contribution in [-0.4, -0.2) is 18.8 Å². The second-order valence-electron chi connectivity index (χ2n) is 5.00. The van der Waals surface area contributed by atoms with E-state index in [0.717, 1.165) is 34.6 Å². The lowest BCUT2D eigenvalue weighted by Crippen LogP contribution is -2.15. The zero-order valence-corrected chi connectivity index (χ0v) is 14.0. The van der Waals surface area contributed by atoms with E-state index in [1.165, 1.54) is 0 Å². The maximum Gasteiger partial charge on any atom is 0.137 e. The number of halogens is 1. The topological polar surface area (TPSA) is 30.5 Å². The van der Waals surface area contributed by atoms with Gasteiger partial charge in [0.2, 0.25) is 0 Å². The van der Waals surface area contributed by atoms with E-state index in [-0.39, 0.29) is 12.2 Å². The quantitative estimate of drug-likeness (QED) is 0.815. The van der Waals surface area contributed by atoms with E-state index in [1.807, 2.05) is 33.8 Å². The van der Waals surface area contributed by atoms with Crippen molar-refractivity contribution >= 4 is 15.9 Å². The molecule has 4 heteroatoms. The van der Waals surface area contributed by atoms with Gasteiger partial charge in [-0.15, -0.1) is 0 Å². The Hall–Kier alpha value is -0.740. The second kappa shape index (κ2) is 7.75. The number of hydrogen-bond donors (Lipinski definition) is 1. The van der Waals surface area contributed by atoms with Gasteiger partial charge in [0.05, 0.1) is 16.7 Å². The van der Waals surface area contributed by atoms with Crippen molar-refractivity contribution in [3.63, 3.8) is 0 Å². The lowest BCUT2D eigenvalue weighted by atomic mass is 10.2. The Morgan fingerprint density at radius 2 is 1.63 bits per heavy atom. The van der Waals surface area contributed by atoms with Crippen LogP contribution in [-0.2, 0) is 6.54 Å². The molecule has 1 aromatic carbocycles. The van der Waals surface area contributed by atoms with Crippen LogP contribution in [0.1, 0.15) is 40.2 Å². The third-order valence-corrected chi connectivity index (χ3v) is 3.03. The molecule has 0 aliphatic carbocycles. The summed E-state index contributed by atoms with van der Waals surface area (Å²) in [6.07, 6.45) is 0.288. The monoisotopic (exact) mass is 329 g/mol. The number of ether oxygens (including phenoxy) is 2. The number of benzene rings is 1. The standard InChI is InChI=1S/C15H24BrNO2/c1-6-17-9-12-7-13(16)15(19-11(4)5)8-14(12)18-10(2)3/h7-8,10-11,17H,6,9H2,1-5H3. The first kappa shape index (κ1) is 16.3. The highest BCUT2D eigenvalue weighted by Crippen LogP contribution is 2.34. The van der Waals surface area contributed by atoms with Gasteiger partial charge >= 0.3 is 0 Å². The Balaban J connectivity index is 3.04. The molecule has 0 saturated carbocycles. The van der Waals surface area contributed by atoms with E-state index in [2.05, 4.69) is 34.2 Å². The maximum atomic E-state index is 5.88. The molecule has 0 unspecified atom stereocenters. The zero-order chi connectivity index (χ0) is 14.4. The van der Waals surface area contributed by atoms with Crippen molar-refractivity contribution in [3.05, 3.63) is 22.2 Å². The molecule has 0 aliphatic heterocycles. The molecule has 0 spiro atoms. The van der Waals surface area contributed by atoms with Gasteiger partial charge in [-0.05, 0) is 56.2 Å². The Morgan fingerprint density at radius 1 is 1.05 bits per heavy atom. The summed E-state index contributed by atoms with van der Waals surface area (Å²) in [6, 6.07) is 4.04. The van der Waals surface area contributed by atoms with Crippen molar-refractivity contribution in [1.82, 2.24) is 5.32 Å². The van der Waals surface area contributed by atoms with E-state index < -0.39 is 0 Å². The molecule has 0 atom stereocenters. The molecule has 0 heterocycles. The molecular weight excluding hydrogens is 306 g/mol. The van der Waals surface area contributed by atoms with Crippen LogP contribution in [0.3, 0.4) is 0 Å².